The van der Waals surface area contributed by atoms with Gasteiger partial charge in [0.25, 0.3) is 0 Å². The standard InChI is InChI=1S/C20H32N2O3.ClH/c1-2-3-4-7-14-24-17-18-9-8-10-19(16-18)21-20(23)25-15-13-22-11-5-6-12-22;/h8-10,16H,2-7,11-15,17H2,1H3,(H,21,23);1H. The van der Waals surface area contributed by atoms with Crippen LogP contribution in [0.1, 0.15) is 51.0 Å². The van der Waals surface area contributed by atoms with Crippen LogP contribution in [0, 0.1) is 0 Å². The lowest BCUT2D eigenvalue weighted by atomic mass is 10.2. The lowest BCUT2D eigenvalue weighted by molar-refractivity contribution is 0.117. The SMILES string of the molecule is CCCCCCOCc1cccc(NC(=O)OCCN2CCCC2)c1.Cl. The van der Waals surface area contributed by atoms with Crippen LogP contribution in [0.4, 0.5) is 10.5 Å². The zero-order chi connectivity index (χ0) is 17.7. The van der Waals surface area contributed by atoms with Gasteiger partial charge in [-0.3, -0.25) is 10.2 Å². The average molecular weight is 385 g/mol. The molecule has 1 aromatic rings. The lowest BCUT2D eigenvalue weighted by Gasteiger charge is -2.14. The highest BCUT2D eigenvalue weighted by atomic mass is 35.5. The monoisotopic (exact) mass is 384 g/mol. The Morgan fingerprint density at radius 2 is 1.96 bits per heavy atom. The van der Waals surface area contributed by atoms with E-state index in [2.05, 4.69) is 17.1 Å². The predicted molar refractivity (Wildman–Crippen MR) is 108 cm³/mol. The van der Waals surface area contributed by atoms with E-state index < -0.39 is 6.09 Å². The van der Waals surface area contributed by atoms with Crippen LogP contribution in [0.5, 0.6) is 0 Å². The molecule has 0 bridgehead atoms. The number of nitrogens with one attached hydrogen (secondary N) is 1. The number of nitrogens with zero attached hydrogens (tertiary/aromatic N) is 1. The lowest BCUT2D eigenvalue weighted by Crippen LogP contribution is -2.26. The first-order chi connectivity index (χ1) is 12.3. The molecule has 0 saturated carbocycles. The Kier molecular flexibility index (Phi) is 12.1. The summed E-state index contributed by atoms with van der Waals surface area (Å²) in [6.07, 6.45) is 6.94. The maximum Gasteiger partial charge on any atom is 0.411 e. The van der Waals surface area contributed by atoms with Gasteiger partial charge in [0.2, 0.25) is 0 Å². The van der Waals surface area contributed by atoms with E-state index in [9.17, 15) is 4.79 Å². The topological polar surface area (TPSA) is 50.8 Å². The van der Waals surface area contributed by atoms with E-state index in [1.54, 1.807) is 0 Å². The third-order valence-electron chi connectivity index (χ3n) is 4.42. The van der Waals surface area contributed by atoms with E-state index >= 15 is 0 Å². The summed E-state index contributed by atoms with van der Waals surface area (Å²) in [4.78, 5) is 14.2. The maximum absolute atomic E-state index is 11.9. The molecular weight excluding hydrogens is 352 g/mol. The Labute approximate surface area is 163 Å². The maximum atomic E-state index is 11.9. The minimum absolute atomic E-state index is 0. The molecule has 6 heteroatoms. The van der Waals surface area contributed by atoms with Gasteiger partial charge in [0.15, 0.2) is 0 Å². The van der Waals surface area contributed by atoms with Crippen LogP contribution in [0.25, 0.3) is 0 Å². The van der Waals surface area contributed by atoms with Gasteiger partial charge >= 0.3 is 6.09 Å². The molecule has 1 aromatic carbocycles. The van der Waals surface area contributed by atoms with Crippen LogP contribution in [0.15, 0.2) is 24.3 Å². The number of carbonyl (C=O) groups is 1. The minimum Gasteiger partial charge on any atom is -0.448 e. The first kappa shape index (κ1) is 22.7. The molecule has 1 aliphatic heterocycles. The first-order valence-electron chi connectivity index (χ1n) is 9.60. The van der Waals surface area contributed by atoms with Crippen molar-refractivity contribution in [1.82, 2.24) is 4.90 Å². The van der Waals surface area contributed by atoms with Crippen molar-refractivity contribution in [3.63, 3.8) is 0 Å². The molecule has 5 nitrogen and oxygen atoms in total. The van der Waals surface area contributed by atoms with Crippen molar-refractivity contribution in [2.45, 2.75) is 52.1 Å². The Morgan fingerprint density at radius 1 is 1.15 bits per heavy atom. The minimum atomic E-state index is -0.392. The van der Waals surface area contributed by atoms with Gasteiger partial charge in [0.1, 0.15) is 6.61 Å². The van der Waals surface area contributed by atoms with Crippen LogP contribution in [-0.2, 0) is 16.1 Å². The third kappa shape index (κ3) is 9.41. The van der Waals surface area contributed by atoms with Crippen molar-refractivity contribution in [1.29, 1.82) is 0 Å². The summed E-state index contributed by atoms with van der Waals surface area (Å²) in [6.45, 7) is 7.06. The summed E-state index contributed by atoms with van der Waals surface area (Å²) < 4.78 is 11.0. The first-order valence-corrected chi connectivity index (χ1v) is 9.60. The van der Waals surface area contributed by atoms with E-state index in [1.807, 2.05) is 24.3 Å². The van der Waals surface area contributed by atoms with E-state index in [1.165, 1.54) is 32.1 Å². The molecule has 0 unspecified atom stereocenters. The fraction of sp³-hybridized carbons (Fsp3) is 0.650. The smallest absolute Gasteiger partial charge is 0.411 e. The van der Waals surface area contributed by atoms with E-state index in [-0.39, 0.29) is 12.4 Å². The highest BCUT2D eigenvalue weighted by Gasteiger charge is 2.12. The highest BCUT2D eigenvalue weighted by Crippen LogP contribution is 2.13. The number of unbranched alkanes of at least 4 members (excludes halogenated alkanes) is 3. The van der Waals surface area contributed by atoms with E-state index in [4.69, 9.17) is 9.47 Å². The largest absolute Gasteiger partial charge is 0.448 e. The number of hydrogen-bond acceptors (Lipinski definition) is 4. The molecule has 0 aromatic heterocycles. The molecule has 148 valence electrons. The molecule has 26 heavy (non-hydrogen) atoms. The number of anilines is 1. The number of ether oxygens (including phenoxy) is 2. The second-order valence-corrected chi connectivity index (χ2v) is 6.62. The molecule has 1 saturated heterocycles. The van der Waals surface area contributed by atoms with Crippen molar-refractivity contribution >= 4 is 24.2 Å². The summed E-state index contributed by atoms with van der Waals surface area (Å²) in [5, 5.41) is 2.79. The van der Waals surface area contributed by atoms with Gasteiger partial charge in [-0.15, -0.1) is 12.4 Å². The Balaban J connectivity index is 0.00000338. The van der Waals surface area contributed by atoms with Crippen molar-refractivity contribution < 1.29 is 14.3 Å². The van der Waals surface area contributed by atoms with Gasteiger partial charge in [-0.05, 0) is 50.0 Å². The molecule has 1 fully saturated rings. The number of carbonyl (C=O) groups excluding carboxylic acids is 1. The molecule has 0 aliphatic carbocycles. The molecule has 1 heterocycles. The zero-order valence-electron chi connectivity index (χ0n) is 15.9. The Hall–Kier alpha value is -1.30. The second kappa shape index (κ2) is 13.8. The number of hydrogen-bond donors (Lipinski definition) is 1. The Bertz CT molecular complexity index is 508. The third-order valence-corrected chi connectivity index (χ3v) is 4.42. The van der Waals surface area contributed by atoms with Crippen LogP contribution in [-0.4, -0.2) is 43.8 Å². The van der Waals surface area contributed by atoms with Crippen molar-refractivity contribution in [3.05, 3.63) is 29.8 Å². The quantitative estimate of drug-likeness (QED) is 0.554. The molecule has 0 spiro atoms. The molecule has 0 atom stereocenters. The fourth-order valence-electron chi connectivity index (χ4n) is 2.99. The van der Waals surface area contributed by atoms with Gasteiger partial charge in [-0.2, -0.15) is 0 Å². The van der Waals surface area contributed by atoms with Gasteiger partial charge in [-0.1, -0.05) is 38.3 Å². The van der Waals surface area contributed by atoms with E-state index in [0.717, 1.165) is 43.9 Å². The van der Waals surface area contributed by atoms with Gasteiger partial charge in [0.05, 0.1) is 6.61 Å². The van der Waals surface area contributed by atoms with Crippen LogP contribution < -0.4 is 5.32 Å². The normalized spacial score (nSPS) is 14.0. The summed E-state index contributed by atoms with van der Waals surface area (Å²) in [7, 11) is 0. The highest BCUT2D eigenvalue weighted by molar-refractivity contribution is 5.85. The number of amides is 1. The number of halogens is 1. The summed E-state index contributed by atoms with van der Waals surface area (Å²) in [5.74, 6) is 0. The fourth-order valence-corrected chi connectivity index (χ4v) is 2.99. The second-order valence-electron chi connectivity index (χ2n) is 6.62. The molecule has 2 rings (SSSR count). The van der Waals surface area contributed by atoms with Crippen molar-refractivity contribution in [2.24, 2.45) is 0 Å². The molecule has 1 N–H and O–H groups in total. The molecule has 1 aliphatic rings. The molecule has 1 amide bonds. The van der Waals surface area contributed by atoms with Crippen LogP contribution in [0.3, 0.4) is 0 Å². The molecule has 0 radical (unpaired) electrons. The predicted octanol–water partition coefficient (Wildman–Crippen LogP) is 4.85. The number of benzene rings is 1. The van der Waals surface area contributed by atoms with Crippen LogP contribution in [0.2, 0.25) is 0 Å². The van der Waals surface area contributed by atoms with Crippen molar-refractivity contribution in [2.75, 3.05) is 38.2 Å². The van der Waals surface area contributed by atoms with Crippen molar-refractivity contribution in [3.8, 4) is 0 Å². The van der Waals surface area contributed by atoms with Crippen LogP contribution >= 0.6 is 12.4 Å². The summed E-state index contributed by atoms with van der Waals surface area (Å²) in [5.41, 5.74) is 1.81. The van der Waals surface area contributed by atoms with Gasteiger partial charge in [0, 0.05) is 18.8 Å². The Morgan fingerprint density at radius 3 is 2.73 bits per heavy atom. The zero-order valence-corrected chi connectivity index (χ0v) is 16.7. The van der Waals surface area contributed by atoms with Gasteiger partial charge < -0.3 is 9.47 Å². The summed E-state index contributed by atoms with van der Waals surface area (Å²) in [6, 6.07) is 7.74. The molecular formula is C20H33ClN2O3. The average Bonchev–Trinajstić information content (AvgIpc) is 3.12. The van der Waals surface area contributed by atoms with Gasteiger partial charge in [-0.25, -0.2) is 4.79 Å². The van der Waals surface area contributed by atoms with E-state index in [0.29, 0.717) is 13.2 Å². The number of rotatable bonds is 11. The summed E-state index contributed by atoms with van der Waals surface area (Å²) >= 11 is 0. The number of likely N-dealkylation sites (tertiary alicyclic amines) is 1.